The molecule has 108 valence electrons. The molecule has 0 saturated carbocycles. The van der Waals surface area contributed by atoms with E-state index in [2.05, 4.69) is 9.98 Å². The molecule has 0 spiro atoms. The number of benzene rings is 1. The summed E-state index contributed by atoms with van der Waals surface area (Å²) in [6.45, 7) is 4.56. The number of nitrogens with zero attached hydrogens (tertiary/aromatic N) is 2. The van der Waals surface area contributed by atoms with Gasteiger partial charge in [-0.15, -0.1) is 0 Å². The van der Waals surface area contributed by atoms with Crippen molar-refractivity contribution < 1.29 is 9.90 Å². The summed E-state index contributed by atoms with van der Waals surface area (Å²) in [6, 6.07) is 7.77. The molecule has 4 heteroatoms. The Morgan fingerprint density at radius 1 is 1.29 bits per heavy atom. The second-order valence-electron chi connectivity index (χ2n) is 4.73. The summed E-state index contributed by atoms with van der Waals surface area (Å²) in [5.41, 5.74) is 3.95. The molecular weight excluding hydrogens is 264 g/mol. The summed E-state index contributed by atoms with van der Waals surface area (Å²) in [5, 5.41) is 9.06. The van der Waals surface area contributed by atoms with Crippen molar-refractivity contribution in [2.24, 2.45) is 9.98 Å². The standard InChI is InChI=1S/C17H18N2O2/c1-3-18-15-10-6-8-13(11-16(20)21)17(15)19-14-9-5-4-7-12(14)2/h4-10H,3,11H2,1-2H3,(H,20,21)/b18-15+,19-17-. The number of para-hydroxylation sites is 1. The SMILES string of the molecule is CC/N=C1\C=CC=C(CC(=O)O)\C1=N\c1ccccc1C. The highest BCUT2D eigenvalue weighted by Gasteiger charge is 2.18. The van der Waals surface area contributed by atoms with Gasteiger partial charge >= 0.3 is 5.97 Å². The lowest BCUT2D eigenvalue weighted by Gasteiger charge is -2.14. The van der Waals surface area contributed by atoms with Gasteiger partial charge in [0.05, 0.1) is 23.5 Å². The van der Waals surface area contributed by atoms with Crippen LogP contribution < -0.4 is 0 Å². The van der Waals surface area contributed by atoms with E-state index < -0.39 is 5.97 Å². The van der Waals surface area contributed by atoms with Gasteiger partial charge in [-0.25, -0.2) is 4.99 Å². The molecule has 0 atom stereocenters. The fraction of sp³-hybridized carbons (Fsp3) is 0.235. The molecule has 1 N–H and O–H groups in total. The Morgan fingerprint density at radius 3 is 2.71 bits per heavy atom. The van der Waals surface area contributed by atoms with Crippen LogP contribution in [0.2, 0.25) is 0 Å². The molecule has 1 aliphatic carbocycles. The van der Waals surface area contributed by atoms with Crippen molar-refractivity contribution in [2.45, 2.75) is 20.3 Å². The molecule has 4 nitrogen and oxygen atoms in total. The van der Waals surface area contributed by atoms with Crippen molar-refractivity contribution in [3.05, 3.63) is 53.6 Å². The fourth-order valence-corrected chi connectivity index (χ4v) is 2.12. The number of hydrogen-bond donors (Lipinski definition) is 1. The third-order valence-electron chi connectivity index (χ3n) is 3.12. The Kier molecular flexibility index (Phi) is 4.82. The number of aliphatic carboxylic acids is 1. The molecule has 2 rings (SSSR count). The summed E-state index contributed by atoms with van der Waals surface area (Å²) in [4.78, 5) is 20.1. The average Bonchev–Trinajstić information content (AvgIpc) is 2.44. The van der Waals surface area contributed by atoms with Gasteiger partial charge in [-0.3, -0.25) is 9.79 Å². The number of carboxylic acids is 1. The highest BCUT2D eigenvalue weighted by molar-refractivity contribution is 6.53. The minimum atomic E-state index is -0.870. The Bertz CT molecular complexity index is 667. The number of aryl methyl sites for hydroxylation is 1. The lowest BCUT2D eigenvalue weighted by Crippen LogP contribution is -2.19. The van der Waals surface area contributed by atoms with Crippen molar-refractivity contribution >= 4 is 23.1 Å². The van der Waals surface area contributed by atoms with Gasteiger partial charge in [0.2, 0.25) is 0 Å². The van der Waals surface area contributed by atoms with E-state index >= 15 is 0 Å². The van der Waals surface area contributed by atoms with E-state index in [1.54, 1.807) is 6.08 Å². The van der Waals surface area contributed by atoms with Gasteiger partial charge in [0.25, 0.3) is 0 Å². The van der Waals surface area contributed by atoms with Crippen LogP contribution in [0, 0.1) is 6.92 Å². The van der Waals surface area contributed by atoms with E-state index in [-0.39, 0.29) is 6.42 Å². The van der Waals surface area contributed by atoms with Gasteiger partial charge in [-0.2, -0.15) is 0 Å². The van der Waals surface area contributed by atoms with E-state index in [1.165, 1.54) is 0 Å². The molecule has 0 saturated heterocycles. The van der Waals surface area contributed by atoms with Gasteiger partial charge < -0.3 is 5.11 Å². The number of carboxylic acid groups (broad SMARTS) is 1. The molecule has 21 heavy (non-hydrogen) atoms. The van der Waals surface area contributed by atoms with E-state index in [0.29, 0.717) is 17.8 Å². The minimum Gasteiger partial charge on any atom is -0.481 e. The third-order valence-corrected chi connectivity index (χ3v) is 3.12. The van der Waals surface area contributed by atoms with E-state index in [9.17, 15) is 4.79 Å². The maximum atomic E-state index is 11.0. The van der Waals surface area contributed by atoms with Crippen LogP contribution in [-0.2, 0) is 4.79 Å². The van der Waals surface area contributed by atoms with Gasteiger partial charge in [0, 0.05) is 6.54 Å². The number of rotatable bonds is 4. The van der Waals surface area contributed by atoms with E-state index in [1.807, 2.05) is 50.3 Å². The molecule has 0 heterocycles. The lowest BCUT2D eigenvalue weighted by molar-refractivity contribution is -0.136. The predicted octanol–water partition coefficient (Wildman–Crippen LogP) is 3.50. The Morgan fingerprint density at radius 2 is 2.05 bits per heavy atom. The van der Waals surface area contributed by atoms with Gasteiger partial charge in [0.1, 0.15) is 0 Å². The molecule has 0 aromatic heterocycles. The molecule has 0 aliphatic heterocycles. The zero-order valence-corrected chi connectivity index (χ0v) is 12.2. The summed E-state index contributed by atoms with van der Waals surface area (Å²) in [6.07, 6.45) is 5.42. The third kappa shape index (κ3) is 3.75. The van der Waals surface area contributed by atoms with Gasteiger partial charge in [-0.1, -0.05) is 30.4 Å². The van der Waals surface area contributed by atoms with Crippen molar-refractivity contribution in [2.75, 3.05) is 6.54 Å². The smallest absolute Gasteiger partial charge is 0.307 e. The zero-order valence-electron chi connectivity index (χ0n) is 12.2. The first-order chi connectivity index (χ1) is 10.1. The largest absolute Gasteiger partial charge is 0.481 e. The van der Waals surface area contributed by atoms with Gasteiger partial charge in [-0.05, 0) is 37.1 Å². The highest BCUT2D eigenvalue weighted by atomic mass is 16.4. The number of allylic oxidation sites excluding steroid dienone is 3. The van der Waals surface area contributed by atoms with Crippen LogP contribution in [0.15, 0.2) is 58.1 Å². The summed E-state index contributed by atoms with van der Waals surface area (Å²) in [7, 11) is 0. The monoisotopic (exact) mass is 282 g/mol. The Labute approximate surface area is 124 Å². The summed E-state index contributed by atoms with van der Waals surface area (Å²) >= 11 is 0. The molecular formula is C17H18N2O2. The summed E-state index contributed by atoms with van der Waals surface area (Å²) in [5.74, 6) is -0.870. The topological polar surface area (TPSA) is 62.0 Å². The predicted molar refractivity (Wildman–Crippen MR) is 85.7 cm³/mol. The normalized spacial score (nSPS) is 18.1. The first-order valence-corrected chi connectivity index (χ1v) is 6.90. The van der Waals surface area contributed by atoms with Crippen LogP contribution in [0.4, 0.5) is 5.69 Å². The van der Waals surface area contributed by atoms with Crippen LogP contribution in [0.5, 0.6) is 0 Å². The van der Waals surface area contributed by atoms with E-state index in [0.717, 1.165) is 17.0 Å². The Hall–Kier alpha value is -2.49. The molecule has 0 radical (unpaired) electrons. The number of hydrogen-bond acceptors (Lipinski definition) is 3. The molecule has 0 amide bonds. The van der Waals surface area contributed by atoms with Crippen LogP contribution in [0.25, 0.3) is 0 Å². The molecule has 0 bridgehead atoms. The molecule has 1 aromatic carbocycles. The van der Waals surface area contributed by atoms with Crippen LogP contribution in [0.3, 0.4) is 0 Å². The second kappa shape index (κ2) is 6.79. The number of carbonyl (C=O) groups is 1. The highest BCUT2D eigenvalue weighted by Crippen LogP contribution is 2.22. The first-order valence-electron chi connectivity index (χ1n) is 6.90. The maximum absolute atomic E-state index is 11.0. The maximum Gasteiger partial charge on any atom is 0.307 e. The first kappa shape index (κ1) is 14.9. The van der Waals surface area contributed by atoms with Crippen molar-refractivity contribution in [3.63, 3.8) is 0 Å². The van der Waals surface area contributed by atoms with Crippen molar-refractivity contribution in [1.82, 2.24) is 0 Å². The second-order valence-corrected chi connectivity index (χ2v) is 4.73. The number of aliphatic imine (C=N–C) groups is 2. The molecule has 0 unspecified atom stereocenters. The lowest BCUT2D eigenvalue weighted by atomic mass is 9.97. The van der Waals surface area contributed by atoms with Gasteiger partial charge in [0.15, 0.2) is 0 Å². The fourth-order valence-electron chi connectivity index (χ4n) is 2.12. The molecule has 1 aromatic rings. The van der Waals surface area contributed by atoms with E-state index in [4.69, 9.17) is 5.11 Å². The average molecular weight is 282 g/mol. The molecule has 1 aliphatic rings. The minimum absolute atomic E-state index is 0.0577. The zero-order chi connectivity index (χ0) is 15.2. The Balaban J connectivity index is 2.49. The quantitative estimate of drug-likeness (QED) is 0.859. The van der Waals surface area contributed by atoms with Crippen molar-refractivity contribution in [3.8, 4) is 0 Å². The van der Waals surface area contributed by atoms with Crippen molar-refractivity contribution in [1.29, 1.82) is 0 Å². The van der Waals surface area contributed by atoms with Crippen LogP contribution >= 0.6 is 0 Å². The van der Waals surface area contributed by atoms with Crippen LogP contribution in [0.1, 0.15) is 18.9 Å². The summed E-state index contributed by atoms with van der Waals surface area (Å²) < 4.78 is 0. The van der Waals surface area contributed by atoms with Crippen LogP contribution in [-0.4, -0.2) is 29.0 Å². The molecule has 0 fully saturated rings.